The van der Waals surface area contributed by atoms with Crippen molar-refractivity contribution in [2.45, 2.75) is 13.1 Å². The highest BCUT2D eigenvalue weighted by Crippen LogP contribution is 2.31. The van der Waals surface area contributed by atoms with Gasteiger partial charge in [-0.05, 0) is 41.8 Å². The van der Waals surface area contributed by atoms with Crippen molar-refractivity contribution in [1.82, 2.24) is 0 Å². The van der Waals surface area contributed by atoms with Crippen LogP contribution >= 0.6 is 0 Å². The molecule has 0 aliphatic carbocycles. The van der Waals surface area contributed by atoms with E-state index in [9.17, 15) is 18.0 Å². The Labute approximate surface area is 125 Å². The van der Waals surface area contributed by atoms with Crippen LogP contribution < -0.4 is 0 Å². The van der Waals surface area contributed by atoms with Crippen LogP contribution in [0.4, 0.5) is 13.2 Å². The van der Waals surface area contributed by atoms with Crippen LogP contribution in [0.25, 0.3) is 17.2 Å². The van der Waals surface area contributed by atoms with Crippen molar-refractivity contribution in [1.29, 1.82) is 0 Å². The number of carboxylic acid groups (broad SMARTS) is 1. The summed E-state index contributed by atoms with van der Waals surface area (Å²) in [4.78, 5) is 10.7. The van der Waals surface area contributed by atoms with Gasteiger partial charge in [-0.3, -0.25) is 0 Å². The molecule has 1 N–H and O–H groups in total. The summed E-state index contributed by atoms with van der Waals surface area (Å²) in [6, 6.07) is 11.8. The zero-order chi connectivity index (χ0) is 16.3. The second kappa shape index (κ2) is 6.05. The number of carbonyl (C=O) groups is 1. The number of benzene rings is 2. The van der Waals surface area contributed by atoms with Crippen LogP contribution in [0.3, 0.4) is 0 Å². The summed E-state index contributed by atoms with van der Waals surface area (Å²) >= 11 is 0. The van der Waals surface area contributed by atoms with E-state index in [2.05, 4.69) is 0 Å². The molecule has 0 heterocycles. The average Bonchev–Trinajstić information content (AvgIpc) is 2.47. The Balaban J connectivity index is 2.24. The van der Waals surface area contributed by atoms with Gasteiger partial charge in [0.05, 0.1) is 5.56 Å². The summed E-state index contributed by atoms with van der Waals surface area (Å²) in [6.45, 7) is 1.49. The van der Waals surface area contributed by atoms with Gasteiger partial charge >= 0.3 is 12.1 Å². The molecule has 0 radical (unpaired) electrons. The van der Waals surface area contributed by atoms with Gasteiger partial charge in [0.25, 0.3) is 0 Å². The van der Waals surface area contributed by atoms with Gasteiger partial charge < -0.3 is 5.11 Å². The van der Waals surface area contributed by atoms with Crippen molar-refractivity contribution in [3.05, 3.63) is 65.2 Å². The van der Waals surface area contributed by atoms with Crippen molar-refractivity contribution in [2.75, 3.05) is 0 Å². The first kappa shape index (κ1) is 15.8. The number of carboxylic acids is 1. The highest BCUT2D eigenvalue weighted by molar-refractivity contribution is 5.91. The fourth-order valence-electron chi connectivity index (χ4n) is 1.94. The van der Waals surface area contributed by atoms with Gasteiger partial charge in [0.15, 0.2) is 0 Å². The van der Waals surface area contributed by atoms with Crippen LogP contribution in [0.15, 0.2) is 54.1 Å². The molecule has 0 aliphatic heterocycles. The van der Waals surface area contributed by atoms with Gasteiger partial charge in [0.2, 0.25) is 0 Å². The molecule has 0 amide bonds. The number of rotatable bonds is 3. The predicted octanol–water partition coefficient (Wildman–Crippen LogP) is 4.86. The van der Waals surface area contributed by atoms with Gasteiger partial charge in [-0.15, -0.1) is 0 Å². The molecule has 0 saturated carbocycles. The minimum absolute atomic E-state index is 0.210. The Kier molecular flexibility index (Phi) is 4.35. The minimum Gasteiger partial charge on any atom is -0.478 e. The molecular formula is C17H13F3O2. The van der Waals surface area contributed by atoms with E-state index in [-0.39, 0.29) is 5.57 Å². The van der Waals surface area contributed by atoms with Gasteiger partial charge in [0, 0.05) is 5.57 Å². The van der Waals surface area contributed by atoms with E-state index in [1.807, 2.05) is 0 Å². The van der Waals surface area contributed by atoms with Gasteiger partial charge in [-0.2, -0.15) is 13.2 Å². The van der Waals surface area contributed by atoms with E-state index in [1.165, 1.54) is 25.1 Å². The van der Waals surface area contributed by atoms with Crippen LogP contribution in [-0.4, -0.2) is 11.1 Å². The molecule has 0 fully saturated rings. The first-order valence-corrected chi connectivity index (χ1v) is 6.46. The smallest absolute Gasteiger partial charge is 0.416 e. The van der Waals surface area contributed by atoms with E-state index in [1.54, 1.807) is 24.3 Å². The lowest BCUT2D eigenvalue weighted by Crippen LogP contribution is -2.03. The number of alkyl halides is 3. The van der Waals surface area contributed by atoms with Crippen LogP contribution in [0.1, 0.15) is 18.1 Å². The van der Waals surface area contributed by atoms with E-state index < -0.39 is 17.7 Å². The van der Waals surface area contributed by atoms with E-state index in [0.717, 1.165) is 23.3 Å². The van der Waals surface area contributed by atoms with Crippen LogP contribution in [0.2, 0.25) is 0 Å². The first-order valence-electron chi connectivity index (χ1n) is 6.46. The Morgan fingerprint density at radius 2 is 1.41 bits per heavy atom. The molecule has 22 heavy (non-hydrogen) atoms. The minimum atomic E-state index is -4.35. The number of aliphatic carboxylic acids is 1. The summed E-state index contributed by atoms with van der Waals surface area (Å²) in [5.74, 6) is -0.994. The summed E-state index contributed by atoms with van der Waals surface area (Å²) in [7, 11) is 0. The standard InChI is InChI=1S/C17H13F3O2/c1-11(16(21)22)10-12-2-4-13(5-3-12)14-6-8-15(9-7-14)17(18,19)20/h2-10H,1H3,(H,21,22)/b11-10+. The average molecular weight is 306 g/mol. The maximum Gasteiger partial charge on any atom is 0.416 e. The largest absolute Gasteiger partial charge is 0.478 e. The van der Waals surface area contributed by atoms with Crippen LogP contribution in [-0.2, 0) is 11.0 Å². The third kappa shape index (κ3) is 3.75. The molecule has 0 aliphatic rings. The third-order valence-corrected chi connectivity index (χ3v) is 3.18. The summed E-state index contributed by atoms with van der Waals surface area (Å²) in [6.07, 6.45) is -2.82. The molecule has 0 aromatic heterocycles. The molecule has 2 aromatic rings. The topological polar surface area (TPSA) is 37.3 Å². The Bertz CT molecular complexity index is 696. The molecule has 0 spiro atoms. The molecule has 2 aromatic carbocycles. The lowest BCUT2D eigenvalue weighted by atomic mass is 10.0. The monoisotopic (exact) mass is 306 g/mol. The fraction of sp³-hybridized carbons (Fsp3) is 0.118. The zero-order valence-corrected chi connectivity index (χ0v) is 11.7. The number of halogens is 3. The van der Waals surface area contributed by atoms with Crippen LogP contribution in [0.5, 0.6) is 0 Å². The molecule has 2 rings (SSSR count). The maximum atomic E-state index is 12.5. The lowest BCUT2D eigenvalue weighted by Gasteiger charge is -2.08. The lowest BCUT2D eigenvalue weighted by molar-refractivity contribution is -0.137. The molecule has 0 atom stereocenters. The molecule has 0 bridgehead atoms. The fourth-order valence-corrected chi connectivity index (χ4v) is 1.94. The van der Waals surface area contributed by atoms with Gasteiger partial charge in [0.1, 0.15) is 0 Å². The zero-order valence-electron chi connectivity index (χ0n) is 11.7. The van der Waals surface area contributed by atoms with Crippen molar-refractivity contribution in [2.24, 2.45) is 0 Å². The number of hydrogen-bond acceptors (Lipinski definition) is 1. The Hall–Kier alpha value is -2.56. The molecule has 0 unspecified atom stereocenters. The molecular weight excluding hydrogens is 293 g/mol. The van der Waals surface area contributed by atoms with Crippen molar-refractivity contribution in [3.8, 4) is 11.1 Å². The van der Waals surface area contributed by atoms with Gasteiger partial charge in [-0.25, -0.2) is 4.79 Å². The second-order valence-electron chi connectivity index (χ2n) is 4.83. The molecule has 114 valence electrons. The highest BCUT2D eigenvalue weighted by Gasteiger charge is 2.29. The summed E-state index contributed by atoms with van der Waals surface area (Å²) in [5.41, 5.74) is 1.67. The second-order valence-corrected chi connectivity index (χ2v) is 4.83. The van der Waals surface area contributed by atoms with E-state index in [4.69, 9.17) is 5.11 Å². The van der Waals surface area contributed by atoms with Crippen LogP contribution in [0, 0.1) is 0 Å². The highest BCUT2D eigenvalue weighted by atomic mass is 19.4. The molecule has 0 saturated heterocycles. The molecule has 5 heteroatoms. The normalized spacial score (nSPS) is 12.3. The number of hydrogen-bond donors (Lipinski definition) is 1. The van der Waals surface area contributed by atoms with E-state index >= 15 is 0 Å². The third-order valence-electron chi connectivity index (χ3n) is 3.18. The predicted molar refractivity (Wildman–Crippen MR) is 78.2 cm³/mol. The summed E-state index contributed by atoms with van der Waals surface area (Å²) in [5, 5.41) is 8.81. The van der Waals surface area contributed by atoms with Crippen molar-refractivity contribution < 1.29 is 23.1 Å². The first-order chi connectivity index (χ1) is 10.3. The maximum absolute atomic E-state index is 12.5. The van der Waals surface area contributed by atoms with Gasteiger partial charge in [-0.1, -0.05) is 36.4 Å². The Morgan fingerprint density at radius 3 is 1.82 bits per heavy atom. The van der Waals surface area contributed by atoms with Crippen molar-refractivity contribution >= 4 is 12.0 Å². The van der Waals surface area contributed by atoms with E-state index in [0.29, 0.717) is 5.56 Å². The summed E-state index contributed by atoms with van der Waals surface area (Å²) < 4.78 is 37.5. The van der Waals surface area contributed by atoms with Crippen molar-refractivity contribution in [3.63, 3.8) is 0 Å². The molecule has 2 nitrogen and oxygen atoms in total. The quantitative estimate of drug-likeness (QED) is 0.822. The Morgan fingerprint density at radius 1 is 0.955 bits per heavy atom. The SMILES string of the molecule is C/C(=C\c1ccc(-c2ccc(C(F)(F)F)cc2)cc1)C(=O)O.